The van der Waals surface area contributed by atoms with E-state index in [1.807, 2.05) is 0 Å². The lowest BCUT2D eigenvalue weighted by molar-refractivity contribution is 0.248. The normalized spacial score (nSPS) is 34.1. The zero-order valence-corrected chi connectivity index (χ0v) is 9.56. The zero-order valence-electron chi connectivity index (χ0n) is 8.74. The molecule has 3 heteroatoms. The van der Waals surface area contributed by atoms with E-state index >= 15 is 0 Å². The molecule has 1 aliphatic heterocycles. The summed E-state index contributed by atoms with van der Waals surface area (Å²) in [5.41, 5.74) is 0. The fraction of sp³-hybridized carbons (Fsp3) is 1.00. The summed E-state index contributed by atoms with van der Waals surface area (Å²) in [6.07, 6.45) is 8.62. The molecule has 0 amide bonds. The second-order valence-electron chi connectivity index (χ2n) is 4.91. The second kappa shape index (κ2) is 4.21. The maximum Gasteiger partial charge on any atom is 0.150 e. The van der Waals surface area contributed by atoms with Crippen LogP contribution in [0.25, 0.3) is 0 Å². The van der Waals surface area contributed by atoms with Gasteiger partial charge in [-0.05, 0) is 24.7 Å². The fourth-order valence-electron chi connectivity index (χ4n) is 3.04. The minimum Gasteiger partial charge on any atom is -0.229 e. The van der Waals surface area contributed by atoms with Gasteiger partial charge in [-0.25, -0.2) is 8.42 Å². The van der Waals surface area contributed by atoms with Crippen molar-refractivity contribution >= 4 is 9.84 Å². The van der Waals surface area contributed by atoms with Crippen molar-refractivity contribution in [3.05, 3.63) is 0 Å². The monoisotopic (exact) mass is 216 g/mol. The Bertz CT molecular complexity index is 276. The number of hydrogen-bond acceptors (Lipinski definition) is 2. The van der Waals surface area contributed by atoms with Crippen LogP contribution in [-0.4, -0.2) is 19.9 Å². The molecule has 2 fully saturated rings. The van der Waals surface area contributed by atoms with Crippen LogP contribution in [0.5, 0.6) is 0 Å². The minimum atomic E-state index is -2.68. The Hall–Kier alpha value is -0.0500. The van der Waals surface area contributed by atoms with Gasteiger partial charge in [-0.3, -0.25) is 0 Å². The van der Waals surface area contributed by atoms with Gasteiger partial charge in [-0.1, -0.05) is 32.1 Å². The molecule has 2 aliphatic rings. The molecule has 2 nitrogen and oxygen atoms in total. The first kappa shape index (κ1) is 10.5. The van der Waals surface area contributed by atoms with Gasteiger partial charge in [0.25, 0.3) is 0 Å². The lowest BCUT2D eigenvalue weighted by atomic mass is 9.79. The van der Waals surface area contributed by atoms with Crippen LogP contribution >= 0.6 is 0 Å². The van der Waals surface area contributed by atoms with Crippen LogP contribution in [0, 0.1) is 11.8 Å². The van der Waals surface area contributed by atoms with Gasteiger partial charge in [0.1, 0.15) is 0 Å². The summed E-state index contributed by atoms with van der Waals surface area (Å²) < 4.78 is 23.0. The van der Waals surface area contributed by atoms with Crippen LogP contribution in [0.1, 0.15) is 44.9 Å². The average molecular weight is 216 g/mol. The summed E-state index contributed by atoms with van der Waals surface area (Å²) >= 11 is 0. The molecule has 82 valence electrons. The van der Waals surface area contributed by atoms with Crippen molar-refractivity contribution < 1.29 is 8.42 Å². The smallest absolute Gasteiger partial charge is 0.150 e. The molecule has 14 heavy (non-hydrogen) atoms. The Morgan fingerprint density at radius 1 is 0.786 bits per heavy atom. The lowest BCUT2D eigenvalue weighted by Crippen LogP contribution is -2.31. The van der Waals surface area contributed by atoms with E-state index in [9.17, 15) is 8.42 Å². The van der Waals surface area contributed by atoms with Gasteiger partial charge in [0.15, 0.2) is 9.84 Å². The van der Waals surface area contributed by atoms with Crippen LogP contribution in [0.3, 0.4) is 0 Å². The molecule has 1 saturated carbocycles. The Labute approximate surface area is 87.0 Å². The largest absolute Gasteiger partial charge is 0.229 e. The highest BCUT2D eigenvalue weighted by atomic mass is 32.2. The third-order valence-corrected chi connectivity index (χ3v) is 5.66. The number of rotatable bonds is 1. The third kappa shape index (κ3) is 2.50. The van der Waals surface area contributed by atoms with E-state index in [1.54, 1.807) is 0 Å². The molecule has 0 aromatic heterocycles. The van der Waals surface area contributed by atoms with Crippen LogP contribution in [-0.2, 0) is 9.84 Å². The molecule has 0 aromatic carbocycles. The molecule has 0 N–H and O–H groups in total. The van der Waals surface area contributed by atoms with Gasteiger partial charge in [0, 0.05) is 0 Å². The van der Waals surface area contributed by atoms with Crippen LogP contribution in [0.4, 0.5) is 0 Å². The molecule has 1 atom stereocenters. The third-order valence-electron chi connectivity index (χ3n) is 3.81. The first-order valence-electron chi connectivity index (χ1n) is 5.88. The summed E-state index contributed by atoms with van der Waals surface area (Å²) in [7, 11) is -2.68. The van der Waals surface area contributed by atoms with Gasteiger partial charge in [0.05, 0.1) is 11.5 Å². The van der Waals surface area contributed by atoms with E-state index in [0.717, 1.165) is 18.8 Å². The topological polar surface area (TPSA) is 34.1 Å². The van der Waals surface area contributed by atoms with Crippen molar-refractivity contribution in [2.24, 2.45) is 11.8 Å². The highest BCUT2D eigenvalue weighted by Crippen LogP contribution is 2.35. The van der Waals surface area contributed by atoms with Gasteiger partial charge in [-0.15, -0.1) is 0 Å². The predicted molar refractivity (Wildman–Crippen MR) is 58.0 cm³/mol. The van der Waals surface area contributed by atoms with Gasteiger partial charge < -0.3 is 0 Å². The molecule has 1 unspecified atom stereocenters. The van der Waals surface area contributed by atoms with Crippen LogP contribution < -0.4 is 0 Å². The summed E-state index contributed by atoms with van der Waals surface area (Å²) in [6, 6.07) is 0. The zero-order chi connectivity index (χ0) is 10.0. The summed E-state index contributed by atoms with van der Waals surface area (Å²) in [5.74, 6) is 2.14. The van der Waals surface area contributed by atoms with Gasteiger partial charge in [0.2, 0.25) is 0 Å². The molecule has 0 bridgehead atoms. The van der Waals surface area contributed by atoms with Crippen molar-refractivity contribution in [1.82, 2.24) is 0 Å². The highest BCUT2D eigenvalue weighted by molar-refractivity contribution is 7.91. The molecule has 0 spiro atoms. The maximum absolute atomic E-state index is 11.5. The van der Waals surface area contributed by atoms with Gasteiger partial charge in [-0.2, -0.15) is 0 Å². The molecule has 1 heterocycles. The minimum absolute atomic E-state index is 0.441. The second-order valence-corrected chi connectivity index (χ2v) is 7.14. The number of sulfone groups is 1. The van der Waals surface area contributed by atoms with E-state index in [-0.39, 0.29) is 0 Å². The van der Waals surface area contributed by atoms with Crippen molar-refractivity contribution in [2.45, 2.75) is 44.9 Å². The average Bonchev–Trinajstić information content (AvgIpc) is 2.18. The van der Waals surface area contributed by atoms with E-state index in [1.165, 1.54) is 32.1 Å². The molecule has 1 saturated heterocycles. The van der Waals surface area contributed by atoms with Crippen molar-refractivity contribution in [1.29, 1.82) is 0 Å². The lowest BCUT2D eigenvalue weighted by Gasteiger charge is -2.32. The highest BCUT2D eigenvalue weighted by Gasteiger charge is 2.31. The quantitative estimate of drug-likeness (QED) is 0.674. The van der Waals surface area contributed by atoms with Crippen molar-refractivity contribution in [2.75, 3.05) is 11.5 Å². The summed E-state index contributed by atoms with van der Waals surface area (Å²) in [4.78, 5) is 0. The Morgan fingerprint density at radius 3 is 2.07 bits per heavy atom. The molecular formula is C11H20O2S. The predicted octanol–water partition coefficient (Wildman–Crippen LogP) is 2.39. The van der Waals surface area contributed by atoms with E-state index in [4.69, 9.17) is 0 Å². The maximum atomic E-state index is 11.5. The van der Waals surface area contributed by atoms with Gasteiger partial charge >= 0.3 is 0 Å². The Morgan fingerprint density at radius 2 is 1.43 bits per heavy atom. The van der Waals surface area contributed by atoms with Crippen molar-refractivity contribution in [3.63, 3.8) is 0 Å². The molecule has 1 aliphatic carbocycles. The SMILES string of the molecule is O=S1(=O)CCCC(C2CCCCC2)C1. The fourth-order valence-corrected chi connectivity index (χ4v) is 4.90. The molecule has 0 radical (unpaired) electrons. The van der Waals surface area contributed by atoms with E-state index < -0.39 is 9.84 Å². The molecule has 2 rings (SSSR count). The van der Waals surface area contributed by atoms with Crippen LogP contribution in [0.15, 0.2) is 0 Å². The van der Waals surface area contributed by atoms with E-state index in [2.05, 4.69) is 0 Å². The van der Waals surface area contributed by atoms with Crippen LogP contribution in [0.2, 0.25) is 0 Å². The van der Waals surface area contributed by atoms with Crippen molar-refractivity contribution in [3.8, 4) is 0 Å². The summed E-state index contributed by atoms with van der Waals surface area (Å²) in [6.45, 7) is 0. The first-order valence-corrected chi connectivity index (χ1v) is 7.70. The summed E-state index contributed by atoms with van der Waals surface area (Å²) in [5, 5.41) is 0. The number of hydrogen-bond donors (Lipinski definition) is 0. The van der Waals surface area contributed by atoms with E-state index in [0.29, 0.717) is 17.4 Å². The molecule has 0 aromatic rings. The molecular weight excluding hydrogens is 196 g/mol. The standard InChI is InChI=1S/C11H20O2S/c12-14(13)8-4-7-11(9-14)10-5-2-1-3-6-10/h10-11H,1-9H2. The Kier molecular flexibility index (Phi) is 3.15. The Balaban J connectivity index is 1.96. The first-order chi connectivity index (χ1) is 6.67.